The predicted octanol–water partition coefficient (Wildman–Crippen LogP) is 1.97. The van der Waals surface area contributed by atoms with E-state index in [1.807, 2.05) is 5.32 Å². The molecule has 0 saturated carbocycles. The van der Waals surface area contributed by atoms with Gasteiger partial charge in [0.25, 0.3) is 5.91 Å². The van der Waals surface area contributed by atoms with Crippen LogP contribution in [-0.2, 0) is 4.79 Å². The summed E-state index contributed by atoms with van der Waals surface area (Å²) in [6, 6.07) is 1.84. The number of aliphatic carboxylic acids is 1. The van der Waals surface area contributed by atoms with Crippen LogP contribution in [-0.4, -0.2) is 29.5 Å². The fraction of sp³-hybridized carbons (Fsp3) is 0.333. The van der Waals surface area contributed by atoms with Crippen molar-refractivity contribution in [3.05, 3.63) is 35.1 Å². The van der Waals surface area contributed by atoms with Crippen molar-refractivity contribution < 1.29 is 27.9 Å². The van der Waals surface area contributed by atoms with Gasteiger partial charge < -0.3 is 10.4 Å². The minimum Gasteiger partial charge on any atom is -0.480 e. The Morgan fingerprint density at radius 3 is 2.47 bits per heavy atom. The molecule has 1 aromatic rings. The molecule has 0 saturated heterocycles. The molecule has 19 heavy (non-hydrogen) atoms. The molecule has 0 aliphatic heterocycles. The smallest absolute Gasteiger partial charge is 0.326 e. The quantitative estimate of drug-likeness (QED) is 0.863. The molecule has 0 aliphatic rings. The number of aryl methyl sites for hydroxylation is 1. The van der Waals surface area contributed by atoms with Gasteiger partial charge in [0.15, 0.2) is 0 Å². The fourth-order valence-corrected chi connectivity index (χ4v) is 1.38. The first-order chi connectivity index (χ1) is 8.81. The zero-order valence-electron chi connectivity index (χ0n) is 9.99. The van der Waals surface area contributed by atoms with Gasteiger partial charge in [-0.3, -0.25) is 4.79 Å². The van der Waals surface area contributed by atoms with Crippen LogP contribution in [0, 0.1) is 12.7 Å². The van der Waals surface area contributed by atoms with Gasteiger partial charge in [0.05, 0.1) is 0 Å². The van der Waals surface area contributed by atoms with Crippen LogP contribution in [0.1, 0.15) is 22.3 Å². The maximum atomic E-state index is 13.2. The summed E-state index contributed by atoms with van der Waals surface area (Å²) >= 11 is 0. The molecule has 0 aromatic heterocycles. The number of hydrogen-bond donors (Lipinski definition) is 2. The summed E-state index contributed by atoms with van der Waals surface area (Å²) in [7, 11) is 0. The van der Waals surface area contributed by atoms with Gasteiger partial charge in [0.2, 0.25) is 6.43 Å². The van der Waals surface area contributed by atoms with E-state index in [1.165, 1.54) is 19.1 Å². The Morgan fingerprint density at radius 1 is 1.37 bits per heavy atom. The topological polar surface area (TPSA) is 66.4 Å². The van der Waals surface area contributed by atoms with Gasteiger partial charge in [-0.05, 0) is 24.6 Å². The summed E-state index contributed by atoms with van der Waals surface area (Å²) in [5.74, 6) is -3.11. The number of alkyl halides is 2. The van der Waals surface area contributed by atoms with Crippen molar-refractivity contribution in [2.24, 2.45) is 0 Å². The number of rotatable bonds is 5. The van der Waals surface area contributed by atoms with Crippen molar-refractivity contribution >= 4 is 11.9 Å². The normalized spacial score (nSPS) is 12.3. The second-order valence-corrected chi connectivity index (χ2v) is 3.96. The molecule has 2 N–H and O–H groups in total. The Kier molecular flexibility index (Phi) is 4.91. The average molecular weight is 275 g/mol. The summed E-state index contributed by atoms with van der Waals surface area (Å²) in [6.07, 6.45) is -3.87. The van der Waals surface area contributed by atoms with Gasteiger partial charge in [-0.15, -0.1) is 0 Å². The van der Waals surface area contributed by atoms with E-state index in [-0.39, 0.29) is 5.56 Å². The van der Waals surface area contributed by atoms with Crippen molar-refractivity contribution in [2.75, 3.05) is 0 Å². The minimum absolute atomic E-state index is 0.122. The van der Waals surface area contributed by atoms with Gasteiger partial charge in [0, 0.05) is 12.0 Å². The molecule has 0 heterocycles. The molecule has 0 aliphatic carbocycles. The number of carbonyl (C=O) groups excluding carboxylic acids is 1. The molecular weight excluding hydrogens is 263 g/mol. The van der Waals surface area contributed by atoms with Gasteiger partial charge >= 0.3 is 5.97 Å². The molecule has 1 rings (SSSR count). The first kappa shape index (κ1) is 15.0. The van der Waals surface area contributed by atoms with Crippen LogP contribution < -0.4 is 5.32 Å². The van der Waals surface area contributed by atoms with E-state index in [0.29, 0.717) is 5.56 Å². The molecule has 104 valence electrons. The highest BCUT2D eigenvalue weighted by atomic mass is 19.3. The lowest BCUT2D eigenvalue weighted by Gasteiger charge is -2.14. The number of hydrogen-bond acceptors (Lipinski definition) is 2. The number of carboxylic acids is 1. The van der Waals surface area contributed by atoms with Crippen molar-refractivity contribution in [3.8, 4) is 0 Å². The van der Waals surface area contributed by atoms with Gasteiger partial charge in [-0.1, -0.05) is 6.07 Å². The number of carbonyl (C=O) groups is 2. The van der Waals surface area contributed by atoms with Crippen LogP contribution in [0.2, 0.25) is 0 Å². The Balaban J connectivity index is 2.81. The number of nitrogens with one attached hydrogen (secondary N) is 1. The third kappa shape index (κ3) is 4.27. The molecule has 0 spiro atoms. The summed E-state index contributed by atoms with van der Waals surface area (Å²) in [5, 5.41) is 10.6. The molecule has 0 radical (unpaired) electrons. The summed E-state index contributed by atoms with van der Waals surface area (Å²) in [6.45, 7) is 1.49. The van der Waals surface area contributed by atoms with Crippen LogP contribution in [0.4, 0.5) is 13.2 Å². The van der Waals surface area contributed by atoms with Gasteiger partial charge in [-0.25, -0.2) is 18.0 Å². The second-order valence-electron chi connectivity index (χ2n) is 3.96. The van der Waals surface area contributed by atoms with Crippen LogP contribution in [0.5, 0.6) is 0 Å². The Morgan fingerprint density at radius 2 is 2.00 bits per heavy atom. The number of benzene rings is 1. The second kappa shape index (κ2) is 6.21. The third-order valence-electron chi connectivity index (χ3n) is 2.45. The zero-order chi connectivity index (χ0) is 14.6. The lowest BCUT2D eigenvalue weighted by atomic mass is 10.1. The van der Waals surface area contributed by atoms with Crippen LogP contribution >= 0.6 is 0 Å². The Labute approximate surface area is 107 Å². The van der Waals surface area contributed by atoms with Gasteiger partial charge in [-0.2, -0.15) is 0 Å². The first-order valence-electron chi connectivity index (χ1n) is 5.39. The largest absolute Gasteiger partial charge is 0.480 e. The molecule has 0 bridgehead atoms. The lowest BCUT2D eigenvalue weighted by molar-refractivity contribution is -0.140. The van der Waals surface area contributed by atoms with Crippen molar-refractivity contribution in [2.45, 2.75) is 25.8 Å². The molecule has 1 amide bonds. The third-order valence-corrected chi connectivity index (χ3v) is 2.45. The zero-order valence-corrected chi connectivity index (χ0v) is 9.99. The first-order valence-corrected chi connectivity index (χ1v) is 5.39. The van der Waals surface area contributed by atoms with E-state index in [4.69, 9.17) is 5.11 Å². The summed E-state index contributed by atoms with van der Waals surface area (Å²) in [4.78, 5) is 22.3. The van der Waals surface area contributed by atoms with Crippen LogP contribution in [0.3, 0.4) is 0 Å². The molecule has 1 unspecified atom stereocenters. The Bertz CT molecular complexity index is 491. The maximum Gasteiger partial charge on any atom is 0.326 e. The monoisotopic (exact) mass is 275 g/mol. The predicted molar refractivity (Wildman–Crippen MR) is 60.6 cm³/mol. The highest BCUT2D eigenvalue weighted by Gasteiger charge is 2.24. The summed E-state index contributed by atoms with van der Waals surface area (Å²) < 4.78 is 37.5. The minimum atomic E-state index is -2.86. The van der Waals surface area contributed by atoms with Crippen LogP contribution in [0.25, 0.3) is 0 Å². The Hall–Kier alpha value is -2.05. The average Bonchev–Trinajstić information content (AvgIpc) is 2.31. The van der Waals surface area contributed by atoms with Crippen molar-refractivity contribution in [3.63, 3.8) is 0 Å². The fourth-order valence-electron chi connectivity index (χ4n) is 1.38. The van der Waals surface area contributed by atoms with Crippen LogP contribution in [0.15, 0.2) is 18.2 Å². The molecule has 4 nitrogen and oxygen atoms in total. The molecular formula is C12H12F3NO3. The number of carboxylic acid groups (broad SMARTS) is 1. The molecule has 7 heteroatoms. The number of halogens is 3. The lowest BCUT2D eigenvalue weighted by Crippen LogP contribution is -2.42. The number of amides is 1. The van der Waals surface area contributed by atoms with E-state index >= 15 is 0 Å². The van der Waals surface area contributed by atoms with E-state index in [2.05, 4.69) is 0 Å². The van der Waals surface area contributed by atoms with E-state index < -0.39 is 36.6 Å². The van der Waals surface area contributed by atoms with Crippen molar-refractivity contribution in [1.82, 2.24) is 5.32 Å². The summed E-state index contributed by atoms with van der Waals surface area (Å²) in [5.41, 5.74) is 0.197. The van der Waals surface area contributed by atoms with E-state index in [1.54, 1.807) is 0 Å². The standard InChI is InChI=1S/C12H12F3NO3/c1-6-2-3-7(4-8(6)13)11(17)16-9(12(18)19)5-10(14)15/h2-4,9-10H,5H2,1H3,(H,16,17)(H,18,19). The van der Waals surface area contributed by atoms with E-state index in [0.717, 1.165) is 6.07 Å². The van der Waals surface area contributed by atoms with Crippen molar-refractivity contribution in [1.29, 1.82) is 0 Å². The molecule has 1 aromatic carbocycles. The molecule has 0 fully saturated rings. The highest BCUT2D eigenvalue weighted by molar-refractivity contribution is 5.96. The SMILES string of the molecule is Cc1ccc(C(=O)NC(CC(F)F)C(=O)O)cc1F. The molecule has 1 atom stereocenters. The van der Waals surface area contributed by atoms with E-state index in [9.17, 15) is 22.8 Å². The maximum absolute atomic E-state index is 13.2. The highest BCUT2D eigenvalue weighted by Crippen LogP contribution is 2.10. The van der Waals surface area contributed by atoms with Gasteiger partial charge in [0.1, 0.15) is 11.9 Å².